The van der Waals surface area contributed by atoms with Crippen LogP contribution in [0.4, 0.5) is 5.69 Å². The lowest BCUT2D eigenvalue weighted by Gasteiger charge is -2.02. The van der Waals surface area contributed by atoms with E-state index in [4.69, 9.17) is 0 Å². The summed E-state index contributed by atoms with van der Waals surface area (Å²) >= 11 is 3.29. The minimum Gasteiger partial charge on any atom is -0.618 e. The summed E-state index contributed by atoms with van der Waals surface area (Å²) in [7, 11) is 0. The van der Waals surface area contributed by atoms with E-state index in [0.717, 1.165) is 10.7 Å². The first-order valence-electron chi connectivity index (χ1n) is 5.33. The third kappa shape index (κ3) is 3.05. The fourth-order valence-electron chi connectivity index (χ4n) is 1.44. The Balaban J connectivity index is 2.23. The molecule has 0 amide bonds. The van der Waals surface area contributed by atoms with E-state index in [2.05, 4.69) is 15.9 Å². The predicted molar refractivity (Wildman–Crippen MR) is 74.3 cm³/mol. The SMILES string of the molecule is O=C(C=[N+]([O-])c1ccccc1)c1ccc(Br)cc1. The highest BCUT2D eigenvalue weighted by Gasteiger charge is 2.08. The van der Waals surface area contributed by atoms with Crippen molar-refractivity contribution in [3.63, 3.8) is 0 Å². The summed E-state index contributed by atoms with van der Waals surface area (Å²) in [5, 5.41) is 11.7. The lowest BCUT2D eigenvalue weighted by Crippen LogP contribution is -2.08. The molecule has 0 bridgehead atoms. The zero-order valence-electron chi connectivity index (χ0n) is 9.42. The van der Waals surface area contributed by atoms with Crippen molar-refractivity contribution in [2.75, 3.05) is 0 Å². The van der Waals surface area contributed by atoms with Gasteiger partial charge in [-0.3, -0.25) is 4.79 Å². The summed E-state index contributed by atoms with van der Waals surface area (Å²) in [6, 6.07) is 15.5. The fraction of sp³-hybridized carbons (Fsp3) is 0. The van der Waals surface area contributed by atoms with Crippen LogP contribution in [-0.2, 0) is 0 Å². The van der Waals surface area contributed by atoms with Gasteiger partial charge in [0.25, 0.3) is 0 Å². The molecule has 0 heterocycles. The van der Waals surface area contributed by atoms with E-state index >= 15 is 0 Å². The Hall–Kier alpha value is -1.94. The molecule has 0 saturated carbocycles. The van der Waals surface area contributed by atoms with Gasteiger partial charge in [-0.1, -0.05) is 34.1 Å². The van der Waals surface area contributed by atoms with Gasteiger partial charge in [-0.2, -0.15) is 4.74 Å². The first-order chi connectivity index (χ1) is 8.66. The van der Waals surface area contributed by atoms with Gasteiger partial charge in [-0.15, -0.1) is 0 Å². The molecule has 4 heteroatoms. The normalized spacial score (nSPS) is 11.3. The molecule has 2 aromatic rings. The van der Waals surface area contributed by atoms with E-state index in [-0.39, 0.29) is 5.78 Å². The first kappa shape index (κ1) is 12.5. The molecule has 0 unspecified atom stereocenters. The minimum absolute atomic E-state index is 0.318. The van der Waals surface area contributed by atoms with Gasteiger partial charge in [-0.05, 0) is 24.3 Å². The van der Waals surface area contributed by atoms with Crippen LogP contribution in [0.5, 0.6) is 0 Å². The smallest absolute Gasteiger partial charge is 0.250 e. The summed E-state index contributed by atoms with van der Waals surface area (Å²) in [6.45, 7) is 0. The Morgan fingerprint density at radius 2 is 1.67 bits per heavy atom. The van der Waals surface area contributed by atoms with Gasteiger partial charge in [0.1, 0.15) is 0 Å². The van der Waals surface area contributed by atoms with Crippen LogP contribution < -0.4 is 0 Å². The van der Waals surface area contributed by atoms with E-state index in [1.54, 1.807) is 48.5 Å². The number of carbonyl (C=O) groups is 1. The molecule has 90 valence electrons. The van der Waals surface area contributed by atoms with Gasteiger partial charge < -0.3 is 5.21 Å². The van der Waals surface area contributed by atoms with E-state index in [1.165, 1.54) is 0 Å². The second-order valence-electron chi connectivity index (χ2n) is 3.66. The van der Waals surface area contributed by atoms with E-state index in [0.29, 0.717) is 16.0 Å². The monoisotopic (exact) mass is 303 g/mol. The number of benzene rings is 2. The zero-order valence-corrected chi connectivity index (χ0v) is 11.0. The van der Waals surface area contributed by atoms with Gasteiger partial charge in [0, 0.05) is 22.2 Å². The van der Waals surface area contributed by atoms with Crippen molar-refractivity contribution in [3.05, 3.63) is 69.8 Å². The molecule has 0 atom stereocenters. The van der Waals surface area contributed by atoms with E-state index in [9.17, 15) is 10.0 Å². The Bertz CT molecular complexity index is 577. The summed E-state index contributed by atoms with van der Waals surface area (Å²) in [5.41, 5.74) is 0.915. The molecule has 0 aliphatic carbocycles. The standard InChI is InChI=1S/C14H10BrNO2/c15-12-8-6-11(7-9-12)14(17)10-16(18)13-4-2-1-3-5-13/h1-10H. The van der Waals surface area contributed by atoms with E-state index in [1.807, 2.05) is 6.07 Å². The third-order valence-corrected chi connectivity index (χ3v) is 2.90. The van der Waals surface area contributed by atoms with Crippen LogP contribution in [-0.4, -0.2) is 16.7 Å². The van der Waals surface area contributed by atoms with Gasteiger partial charge in [-0.25, -0.2) is 0 Å². The number of rotatable bonds is 3. The van der Waals surface area contributed by atoms with Gasteiger partial charge in [0.2, 0.25) is 17.7 Å². The Morgan fingerprint density at radius 3 is 2.28 bits per heavy atom. The average Bonchev–Trinajstić information content (AvgIpc) is 2.40. The number of carbonyl (C=O) groups excluding carboxylic acids is 1. The number of hydrogen-bond acceptors (Lipinski definition) is 2. The maximum absolute atomic E-state index is 11.8. The maximum Gasteiger partial charge on any atom is 0.250 e. The van der Waals surface area contributed by atoms with Crippen molar-refractivity contribution in [1.29, 1.82) is 0 Å². The van der Waals surface area contributed by atoms with Crippen LogP contribution in [0.3, 0.4) is 0 Å². The summed E-state index contributed by atoms with van der Waals surface area (Å²) in [6.07, 6.45) is 1.04. The Morgan fingerprint density at radius 1 is 1.06 bits per heavy atom. The average molecular weight is 304 g/mol. The van der Waals surface area contributed by atoms with Crippen molar-refractivity contribution >= 4 is 33.6 Å². The molecular weight excluding hydrogens is 294 g/mol. The van der Waals surface area contributed by atoms with Crippen molar-refractivity contribution in [3.8, 4) is 0 Å². The van der Waals surface area contributed by atoms with Crippen molar-refractivity contribution in [2.45, 2.75) is 0 Å². The van der Waals surface area contributed by atoms with Crippen molar-refractivity contribution in [2.24, 2.45) is 0 Å². The number of ketones is 1. The lowest BCUT2D eigenvalue weighted by molar-refractivity contribution is -0.353. The Labute approximate surface area is 113 Å². The lowest BCUT2D eigenvalue weighted by atomic mass is 10.1. The van der Waals surface area contributed by atoms with Crippen molar-refractivity contribution in [1.82, 2.24) is 0 Å². The molecule has 0 N–H and O–H groups in total. The number of nitrogens with zero attached hydrogens (tertiary/aromatic N) is 1. The zero-order chi connectivity index (χ0) is 13.0. The van der Waals surface area contributed by atoms with Crippen molar-refractivity contribution < 1.29 is 9.53 Å². The highest BCUT2D eigenvalue weighted by molar-refractivity contribution is 9.10. The topological polar surface area (TPSA) is 43.1 Å². The molecule has 0 fully saturated rings. The quantitative estimate of drug-likeness (QED) is 0.286. The molecule has 0 aromatic heterocycles. The molecular formula is C14H10BrNO2. The predicted octanol–water partition coefficient (Wildman–Crippen LogP) is 3.54. The van der Waals surface area contributed by atoms with Crippen LogP contribution in [0.1, 0.15) is 10.4 Å². The molecule has 0 saturated heterocycles. The number of Topliss-reactive ketones (excluding diaryl/α,β-unsaturated/α-hetero) is 1. The Kier molecular flexibility index (Phi) is 3.89. The van der Waals surface area contributed by atoms with Crippen LogP contribution in [0.15, 0.2) is 59.1 Å². The van der Waals surface area contributed by atoms with Gasteiger partial charge in [0.15, 0.2) is 0 Å². The third-order valence-electron chi connectivity index (χ3n) is 2.37. The highest BCUT2D eigenvalue weighted by atomic mass is 79.9. The summed E-state index contributed by atoms with van der Waals surface area (Å²) < 4.78 is 1.46. The van der Waals surface area contributed by atoms with Crippen LogP contribution in [0.2, 0.25) is 0 Å². The molecule has 0 radical (unpaired) electrons. The first-order valence-corrected chi connectivity index (χ1v) is 6.12. The second kappa shape index (κ2) is 5.60. The largest absolute Gasteiger partial charge is 0.618 e. The van der Waals surface area contributed by atoms with Crippen LogP contribution in [0, 0.1) is 5.21 Å². The number of para-hydroxylation sites is 1. The molecule has 2 rings (SSSR count). The number of hydrogen-bond donors (Lipinski definition) is 0. The van der Waals surface area contributed by atoms with Gasteiger partial charge in [0.05, 0.1) is 0 Å². The molecule has 0 aliphatic heterocycles. The molecule has 2 aromatic carbocycles. The molecule has 18 heavy (non-hydrogen) atoms. The fourth-order valence-corrected chi connectivity index (χ4v) is 1.71. The second-order valence-corrected chi connectivity index (χ2v) is 4.58. The van der Waals surface area contributed by atoms with Gasteiger partial charge >= 0.3 is 0 Å². The van der Waals surface area contributed by atoms with Crippen LogP contribution >= 0.6 is 15.9 Å². The summed E-state index contributed by atoms with van der Waals surface area (Å²) in [4.78, 5) is 11.8. The molecule has 0 spiro atoms. The maximum atomic E-state index is 11.8. The van der Waals surface area contributed by atoms with Crippen LogP contribution in [0.25, 0.3) is 0 Å². The number of halogens is 1. The summed E-state index contributed by atoms with van der Waals surface area (Å²) in [5.74, 6) is -0.318. The molecule has 3 nitrogen and oxygen atoms in total. The van der Waals surface area contributed by atoms with E-state index < -0.39 is 0 Å². The minimum atomic E-state index is -0.318. The highest BCUT2D eigenvalue weighted by Crippen LogP contribution is 2.12. The molecule has 0 aliphatic rings.